The summed E-state index contributed by atoms with van der Waals surface area (Å²) in [6.45, 7) is 4.05. The molecular weight excluding hydrogens is 368 g/mol. The zero-order chi connectivity index (χ0) is 21.3. The first-order valence-electron chi connectivity index (χ1n) is 8.95. The number of hydrogen-bond donors (Lipinski definition) is 4. The number of aliphatic carboxylic acids is 1. The third kappa shape index (κ3) is 7.31. The molecule has 2 atom stereocenters. The molecule has 0 aliphatic rings. The molecule has 1 aromatic carbocycles. The largest absolute Gasteiger partial charge is 0.480 e. The van der Waals surface area contributed by atoms with Crippen LogP contribution in [0.4, 0.5) is 5.69 Å². The van der Waals surface area contributed by atoms with Crippen LogP contribution < -0.4 is 16.4 Å². The highest BCUT2D eigenvalue weighted by Gasteiger charge is 2.21. The van der Waals surface area contributed by atoms with E-state index < -0.39 is 28.9 Å². The number of rotatable bonds is 11. The molecule has 0 aliphatic carbocycles. The average molecular weight is 394 g/mol. The molecule has 1 rings (SSSR count). The molecule has 154 valence electrons. The number of nitro benzene ring substituents is 1. The maximum absolute atomic E-state index is 12.1. The Hall–Kier alpha value is -3.01. The Balaban J connectivity index is 2.46. The van der Waals surface area contributed by atoms with Crippen molar-refractivity contribution in [3.8, 4) is 0 Å². The molecule has 1 aromatic rings. The minimum Gasteiger partial charge on any atom is -0.480 e. The zero-order valence-corrected chi connectivity index (χ0v) is 15.9. The van der Waals surface area contributed by atoms with Gasteiger partial charge in [0.25, 0.3) is 11.6 Å². The van der Waals surface area contributed by atoms with Crippen LogP contribution in [0.1, 0.15) is 43.5 Å². The third-order valence-corrected chi connectivity index (χ3v) is 4.18. The quantitative estimate of drug-likeness (QED) is 0.247. The number of non-ortho nitro benzene ring substituents is 1. The average Bonchev–Trinajstić information content (AvgIpc) is 2.65. The Morgan fingerprint density at radius 3 is 2.29 bits per heavy atom. The molecule has 0 spiro atoms. The molecule has 0 heterocycles. The van der Waals surface area contributed by atoms with Crippen molar-refractivity contribution in [2.75, 3.05) is 6.54 Å². The molecule has 2 amide bonds. The van der Waals surface area contributed by atoms with E-state index in [9.17, 15) is 29.6 Å². The molecule has 0 bridgehead atoms. The molecule has 0 unspecified atom stereocenters. The molecular formula is C18H26N4O6. The number of amides is 2. The standard InChI is InChI=1S/C18H26N4O6/c1-11(2)15(19)17(24)20-10-4-3-5-14(18(25)26)21-16(23)12-6-8-13(9-7-12)22(27)28/h6-9,11,14-15H,3-5,10,19H2,1-2H3,(H,20,24)(H,21,23)(H,25,26)/t14-,15-/m0/s1. The first kappa shape index (κ1) is 23.0. The Morgan fingerprint density at radius 1 is 1.18 bits per heavy atom. The van der Waals surface area contributed by atoms with Crippen molar-refractivity contribution in [3.63, 3.8) is 0 Å². The van der Waals surface area contributed by atoms with Crippen LogP contribution in [0, 0.1) is 16.0 Å². The zero-order valence-electron chi connectivity index (χ0n) is 15.9. The molecule has 0 saturated carbocycles. The van der Waals surface area contributed by atoms with Crippen molar-refractivity contribution >= 4 is 23.5 Å². The number of benzene rings is 1. The fourth-order valence-electron chi connectivity index (χ4n) is 2.34. The number of nitrogens with one attached hydrogen (secondary N) is 2. The monoisotopic (exact) mass is 394 g/mol. The second-order valence-electron chi connectivity index (χ2n) is 6.72. The van der Waals surface area contributed by atoms with E-state index in [0.29, 0.717) is 19.4 Å². The van der Waals surface area contributed by atoms with Gasteiger partial charge in [0.15, 0.2) is 0 Å². The lowest BCUT2D eigenvalue weighted by molar-refractivity contribution is -0.384. The highest BCUT2D eigenvalue weighted by Crippen LogP contribution is 2.12. The number of nitro groups is 1. The van der Waals surface area contributed by atoms with Gasteiger partial charge in [0.1, 0.15) is 6.04 Å². The fraction of sp³-hybridized carbons (Fsp3) is 0.500. The van der Waals surface area contributed by atoms with E-state index >= 15 is 0 Å². The molecule has 0 saturated heterocycles. The van der Waals surface area contributed by atoms with Crippen molar-refractivity contribution in [1.82, 2.24) is 10.6 Å². The van der Waals surface area contributed by atoms with Crippen LogP contribution in [0.5, 0.6) is 0 Å². The van der Waals surface area contributed by atoms with Crippen LogP contribution in [0.15, 0.2) is 24.3 Å². The smallest absolute Gasteiger partial charge is 0.326 e. The van der Waals surface area contributed by atoms with E-state index in [4.69, 9.17) is 5.73 Å². The van der Waals surface area contributed by atoms with E-state index in [-0.39, 0.29) is 29.5 Å². The third-order valence-electron chi connectivity index (χ3n) is 4.18. The predicted molar refractivity (Wildman–Crippen MR) is 102 cm³/mol. The van der Waals surface area contributed by atoms with Gasteiger partial charge in [0.2, 0.25) is 5.91 Å². The van der Waals surface area contributed by atoms with E-state index in [1.54, 1.807) is 0 Å². The van der Waals surface area contributed by atoms with Crippen molar-refractivity contribution in [1.29, 1.82) is 0 Å². The summed E-state index contributed by atoms with van der Waals surface area (Å²) in [6.07, 6.45) is 1.18. The summed E-state index contributed by atoms with van der Waals surface area (Å²) in [5.74, 6) is -2.04. The number of unbranched alkanes of at least 4 members (excludes halogenated alkanes) is 1. The number of carbonyl (C=O) groups excluding carboxylic acids is 2. The number of carboxylic acids is 1. The van der Waals surface area contributed by atoms with Crippen molar-refractivity contribution < 1.29 is 24.4 Å². The summed E-state index contributed by atoms with van der Waals surface area (Å²) < 4.78 is 0. The molecule has 28 heavy (non-hydrogen) atoms. The molecule has 5 N–H and O–H groups in total. The van der Waals surface area contributed by atoms with Crippen LogP contribution in [0.2, 0.25) is 0 Å². The molecule has 0 aromatic heterocycles. The van der Waals surface area contributed by atoms with Crippen molar-refractivity contribution in [3.05, 3.63) is 39.9 Å². The maximum atomic E-state index is 12.1. The number of hydrogen-bond acceptors (Lipinski definition) is 6. The first-order valence-corrected chi connectivity index (χ1v) is 8.95. The van der Waals surface area contributed by atoms with Gasteiger partial charge in [-0.2, -0.15) is 0 Å². The summed E-state index contributed by atoms with van der Waals surface area (Å²) in [6, 6.07) is 3.19. The van der Waals surface area contributed by atoms with E-state index in [0.717, 1.165) is 0 Å². The van der Waals surface area contributed by atoms with E-state index in [2.05, 4.69) is 10.6 Å². The summed E-state index contributed by atoms with van der Waals surface area (Å²) in [4.78, 5) is 45.3. The summed E-state index contributed by atoms with van der Waals surface area (Å²) in [5, 5.41) is 25.0. The Morgan fingerprint density at radius 2 is 1.79 bits per heavy atom. The Bertz CT molecular complexity index is 705. The van der Waals surface area contributed by atoms with E-state index in [1.165, 1.54) is 24.3 Å². The van der Waals surface area contributed by atoms with Crippen LogP contribution >= 0.6 is 0 Å². The summed E-state index contributed by atoms with van der Waals surface area (Å²) >= 11 is 0. The van der Waals surface area contributed by atoms with Gasteiger partial charge < -0.3 is 21.5 Å². The number of nitrogens with zero attached hydrogens (tertiary/aromatic N) is 1. The van der Waals surface area contributed by atoms with Gasteiger partial charge in [-0.3, -0.25) is 19.7 Å². The molecule has 10 heteroatoms. The second kappa shape index (κ2) is 11.0. The number of carbonyl (C=O) groups is 3. The van der Waals surface area contributed by atoms with Gasteiger partial charge in [-0.15, -0.1) is 0 Å². The highest BCUT2D eigenvalue weighted by molar-refractivity contribution is 5.96. The van der Waals surface area contributed by atoms with Crippen LogP contribution in [-0.4, -0.2) is 46.4 Å². The van der Waals surface area contributed by atoms with Gasteiger partial charge in [-0.05, 0) is 37.3 Å². The van der Waals surface area contributed by atoms with Crippen LogP contribution in [-0.2, 0) is 9.59 Å². The molecule has 0 fully saturated rings. The molecule has 0 aliphatic heterocycles. The summed E-state index contributed by atoms with van der Waals surface area (Å²) in [5.41, 5.74) is 5.69. The van der Waals surface area contributed by atoms with Gasteiger partial charge in [0, 0.05) is 24.2 Å². The molecule has 0 radical (unpaired) electrons. The lowest BCUT2D eigenvalue weighted by atomic mass is 10.0. The van der Waals surface area contributed by atoms with Crippen molar-refractivity contribution in [2.45, 2.75) is 45.2 Å². The van der Waals surface area contributed by atoms with Gasteiger partial charge in [-0.1, -0.05) is 13.8 Å². The Kier molecular flexibility index (Phi) is 9.03. The topological polar surface area (TPSA) is 165 Å². The van der Waals surface area contributed by atoms with E-state index in [1.807, 2.05) is 13.8 Å². The minimum absolute atomic E-state index is 0.0195. The maximum Gasteiger partial charge on any atom is 0.326 e. The lowest BCUT2D eigenvalue weighted by Crippen LogP contribution is -2.44. The molecule has 10 nitrogen and oxygen atoms in total. The first-order chi connectivity index (χ1) is 13.1. The Labute approximate surface area is 162 Å². The van der Waals surface area contributed by atoms with Gasteiger partial charge in [0.05, 0.1) is 11.0 Å². The predicted octanol–water partition coefficient (Wildman–Crippen LogP) is 1.05. The second-order valence-corrected chi connectivity index (χ2v) is 6.72. The fourth-order valence-corrected chi connectivity index (χ4v) is 2.34. The minimum atomic E-state index is -1.18. The van der Waals surface area contributed by atoms with Gasteiger partial charge in [-0.25, -0.2) is 4.79 Å². The number of nitrogens with two attached hydrogens (primary N) is 1. The highest BCUT2D eigenvalue weighted by atomic mass is 16.6. The van der Waals surface area contributed by atoms with Crippen LogP contribution in [0.25, 0.3) is 0 Å². The van der Waals surface area contributed by atoms with Gasteiger partial charge >= 0.3 is 5.97 Å². The number of carboxylic acid groups (broad SMARTS) is 1. The van der Waals surface area contributed by atoms with Crippen LogP contribution in [0.3, 0.4) is 0 Å². The van der Waals surface area contributed by atoms with Crippen molar-refractivity contribution in [2.24, 2.45) is 11.7 Å². The summed E-state index contributed by atoms with van der Waals surface area (Å²) in [7, 11) is 0. The normalized spacial score (nSPS) is 12.9. The SMILES string of the molecule is CC(C)[C@H](N)C(=O)NCCCC[C@H](NC(=O)c1ccc([N+](=O)[O-])cc1)C(=O)O. The lowest BCUT2D eigenvalue weighted by Gasteiger charge is -2.16.